The summed E-state index contributed by atoms with van der Waals surface area (Å²) in [5, 5.41) is -0.389. The van der Waals surface area contributed by atoms with Crippen molar-refractivity contribution in [3.63, 3.8) is 0 Å². The van der Waals surface area contributed by atoms with E-state index in [1.54, 1.807) is 6.92 Å². The lowest BCUT2D eigenvalue weighted by Gasteiger charge is -2.18. The van der Waals surface area contributed by atoms with Gasteiger partial charge in [-0.25, -0.2) is 0 Å². The van der Waals surface area contributed by atoms with E-state index in [4.69, 9.17) is 16.3 Å². The molecule has 2 heterocycles. The average molecular weight is 204 g/mol. The highest BCUT2D eigenvalue weighted by molar-refractivity contribution is 6.30. The fourth-order valence-corrected chi connectivity index (χ4v) is 2.26. The predicted molar refractivity (Wildman–Crippen MR) is 49.7 cm³/mol. The van der Waals surface area contributed by atoms with Crippen molar-refractivity contribution >= 4 is 17.5 Å². The van der Waals surface area contributed by atoms with Crippen LogP contribution >= 0.6 is 11.6 Å². The minimum Gasteiger partial charge on any atom is -0.381 e. The quantitative estimate of drug-likeness (QED) is 0.588. The summed E-state index contributed by atoms with van der Waals surface area (Å²) in [4.78, 5) is 13.4. The molecule has 0 aromatic heterocycles. The molecule has 3 atom stereocenters. The number of hydrogen-bond donors (Lipinski definition) is 0. The van der Waals surface area contributed by atoms with E-state index in [0.717, 1.165) is 26.3 Å². The van der Waals surface area contributed by atoms with Crippen molar-refractivity contribution in [2.75, 3.05) is 26.3 Å². The van der Waals surface area contributed by atoms with E-state index in [9.17, 15) is 4.79 Å². The van der Waals surface area contributed by atoms with Gasteiger partial charge in [0.15, 0.2) is 0 Å². The van der Waals surface area contributed by atoms with Crippen LogP contribution < -0.4 is 0 Å². The second-order valence-electron chi connectivity index (χ2n) is 3.92. The first-order chi connectivity index (χ1) is 6.18. The molecule has 4 heteroatoms. The van der Waals surface area contributed by atoms with Crippen LogP contribution in [-0.4, -0.2) is 42.5 Å². The standard InChI is InChI=1S/C9H14ClNO2/c1-6(10)9(12)11-2-7-4-13-5-8(7)3-11/h6-8H,2-5H2,1H3/t6-,7-,8+/m1/s1. The molecule has 2 aliphatic rings. The number of halogens is 1. The first-order valence-corrected chi connectivity index (χ1v) is 5.12. The zero-order valence-corrected chi connectivity index (χ0v) is 8.46. The number of carbonyl (C=O) groups excluding carboxylic acids is 1. The van der Waals surface area contributed by atoms with Gasteiger partial charge in [0.1, 0.15) is 5.38 Å². The lowest BCUT2D eigenvalue weighted by molar-refractivity contribution is -0.129. The number of fused-ring (bicyclic) bond motifs is 1. The molecule has 0 unspecified atom stereocenters. The summed E-state index contributed by atoms with van der Waals surface area (Å²) < 4.78 is 5.33. The van der Waals surface area contributed by atoms with Crippen LogP contribution in [0.2, 0.25) is 0 Å². The number of ether oxygens (including phenoxy) is 1. The third kappa shape index (κ3) is 1.67. The van der Waals surface area contributed by atoms with Gasteiger partial charge in [-0.2, -0.15) is 0 Å². The molecule has 0 aliphatic carbocycles. The molecule has 0 saturated carbocycles. The zero-order valence-electron chi connectivity index (χ0n) is 7.70. The van der Waals surface area contributed by atoms with E-state index in [-0.39, 0.29) is 11.3 Å². The fraction of sp³-hybridized carbons (Fsp3) is 0.889. The van der Waals surface area contributed by atoms with Gasteiger partial charge in [-0.1, -0.05) is 0 Å². The molecule has 2 fully saturated rings. The summed E-state index contributed by atoms with van der Waals surface area (Å²) in [6.07, 6.45) is 0. The minimum atomic E-state index is -0.389. The fourth-order valence-electron chi connectivity index (χ4n) is 2.12. The van der Waals surface area contributed by atoms with Crippen LogP contribution in [0.25, 0.3) is 0 Å². The lowest BCUT2D eigenvalue weighted by Crippen LogP contribution is -2.34. The number of rotatable bonds is 1. The Morgan fingerprint density at radius 1 is 1.46 bits per heavy atom. The number of alkyl halides is 1. The van der Waals surface area contributed by atoms with Crippen LogP contribution in [0.15, 0.2) is 0 Å². The molecule has 2 saturated heterocycles. The molecule has 74 valence electrons. The van der Waals surface area contributed by atoms with Crippen molar-refractivity contribution in [3.05, 3.63) is 0 Å². The summed E-state index contributed by atoms with van der Waals surface area (Å²) in [6, 6.07) is 0. The molecule has 0 aromatic rings. The minimum absolute atomic E-state index is 0.0658. The van der Waals surface area contributed by atoms with Crippen molar-refractivity contribution in [1.82, 2.24) is 4.90 Å². The van der Waals surface area contributed by atoms with Gasteiger partial charge in [-0.15, -0.1) is 11.6 Å². The van der Waals surface area contributed by atoms with Crippen LogP contribution in [0.1, 0.15) is 6.92 Å². The SMILES string of the molecule is C[C@@H](Cl)C(=O)N1C[C@H]2COC[C@H]2C1. The summed E-state index contributed by atoms with van der Waals surface area (Å²) in [6.45, 7) is 5.02. The van der Waals surface area contributed by atoms with Gasteiger partial charge < -0.3 is 9.64 Å². The number of carbonyl (C=O) groups is 1. The van der Waals surface area contributed by atoms with Gasteiger partial charge in [0.05, 0.1) is 13.2 Å². The zero-order chi connectivity index (χ0) is 9.42. The maximum Gasteiger partial charge on any atom is 0.240 e. The van der Waals surface area contributed by atoms with Crippen LogP contribution in [0.5, 0.6) is 0 Å². The molecular weight excluding hydrogens is 190 g/mol. The Morgan fingerprint density at radius 3 is 2.46 bits per heavy atom. The summed E-state index contributed by atoms with van der Waals surface area (Å²) in [5.41, 5.74) is 0. The van der Waals surface area contributed by atoms with Crippen molar-refractivity contribution < 1.29 is 9.53 Å². The van der Waals surface area contributed by atoms with E-state index in [1.807, 2.05) is 4.90 Å². The molecule has 0 radical (unpaired) electrons. The van der Waals surface area contributed by atoms with E-state index in [1.165, 1.54) is 0 Å². The highest BCUT2D eigenvalue weighted by Gasteiger charge is 2.39. The predicted octanol–water partition coefficient (Wildman–Crippen LogP) is 0.719. The highest BCUT2D eigenvalue weighted by atomic mass is 35.5. The van der Waals surface area contributed by atoms with Crippen molar-refractivity contribution in [2.45, 2.75) is 12.3 Å². The Kier molecular flexibility index (Phi) is 2.47. The average Bonchev–Trinajstić information content (AvgIpc) is 2.59. The molecule has 3 nitrogen and oxygen atoms in total. The Labute approximate surface area is 83.0 Å². The second-order valence-corrected chi connectivity index (χ2v) is 4.57. The van der Waals surface area contributed by atoms with Gasteiger partial charge in [0.25, 0.3) is 0 Å². The molecule has 0 spiro atoms. The van der Waals surface area contributed by atoms with Crippen LogP contribution in [0.3, 0.4) is 0 Å². The second kappa shape index (κ2) is 3.46. The number of nitrogens with zero attached hydrogens (tertiary/aromatic N) is 1. The summed E-state index contributed by atoms with van der Waals surface area (Å²) >= 11 is 5.74. The van der Waals surface area contributed by atoms with Gasteiger partial charge in [-0.3, -0.25) is 4.79 Å². The Balaban J connectivity index is 1.95. The summed E-state index contributed by atoms with van der Waals surface area (Å²) in [7, 11) is 0. The van der Waals surface area contributed by atoms with Crippen LogP contribution in [0, 0.1) is 11.8 Å². The Morgan fingerprint density at radius 2 is 2.00 bits per heavy atom. The van der Waals surface area contributed by atoms with E-state index >= 15 is 0 Å². The molecule has 2 rings (SSSR count). The third-order valence-electron chi connectivity index (χ3n) is 2.89. The lowest BCUT2D eigenvalue weighted by atomic mass is 10.0. The Hall–Kier alpha value is -0.280. The topological polar surface area (TPSA) is 29.5 Å². The Bertz CT molecular complexity index is 208. The van der Waals surface area contributed by atoms with Gasteiger partial charge >= 0.3 is 0 Å². The highest BCUT2D eigenvalue weighted by Crippen LogP contribution is 2.29. The van der Waals surface area contributed by atoms with Gasteiger partial charge in [0.2, 0.25) is 5.91 Å². The molecule has 0 N–H and O–H groups in total. The van der Waals surface area contributed by atoms with Crippen molar-refractivity contribution in [1.29, 1.82) is 0 Å². The van der Waals surface area contributed by atoms with Gasteiger partial charge in [0, 0.05) is 24.9 Å². The normalized spacial score (nSPS) is 34.8. The molecular formula is C9H14ClNO2. The monoisotopic (exact) mass is 203 g/mol. The van der Waals surface area contributed by atoms with Crippen LogP contribution in [0.4, 0.5) is 0 Å². The number of amides is 1. The molecule has 13 heavy (non-hydrogen) atoms. The van der Waals surface area contributed by atoms with Crippen LogP contribution in [-0.2, 0) is 9.53 Å². The molecule has 0 bridgehead atoms. The number of likely N-dealkylation sites (tertiary alicyclic amines) is 1. The largest absolute Gasteiger partial charge is 0.381 e. The van der Waals surface area contributed by atoms with Crippen molar-refractivity contribution in [2.24, 2.45) is 11.8 Å². The van der Waals surface area contributed by atoms with Gasteiger partial charge in [-0.05, 0) is 6.92 Å². The molecule has 0 aromatic carbocycles. The molecule has 2 aliphatic heterocycles. The summed E-state index contributed by atoms with van der Waals surface area (Å²) in [5.74, 6) is 1.18. The third-order valence-corrected chi connectivity index (χ3v) is 3.08. The maximum atomic E-state index is 11.5. The smallest absolute Gasteiger partial charge is 0.240 e. The van der Waals surface area contributed by atoms with Crippen molar-refractivity contribution in [3.8, 4) is 0 Å². The van der Waals surface area contributed by atoms with E-state index < -0.39 is 0 Å². The van der Waals surface area contributed by atoms with E-state index in [2.05, 4.69) is 0 Å². The first-order valence-electron chi connectivity index (χ1n) is 4.69. The molecule has 1 amide bonds. The first kappa shape index (κ1) is 9.28. The maximum absolute atomic E-state index is 11.5. The number of hydrogen-bond acceptors (Lipinski definition) is 2. The van der Waals surface area contributed by atoms with E-state index in [0.29, 0.717) is 11.8 Å².